The molecule has 1 unspecified atom stereocenters. The number of cyclic esters (lactones) is 1. The number of fused-ring (bicyclic) bond motifs is 1. The highest BCUT2D eigenvalue weighted by Crippen LogP contribution is 2.22. The summed E-state index contributed by atoms with van der Waals surface area (Å²) in [7, 11) is 0. The van der Waals surface area contributed by atoms with Gasteiger partial charge in [0.25, 0.3) is 5.91 Å². The second-order valence-electron chi connectivity index (χ2n) is 6.02. The normalized spacial score (nSPS) is 16.7. The molecular formula is C19H19NO3. The lowest BCUT2D eigenvalue weighted by Gasteiger charge is -2.23. The van der Waals surface area contributed by atoms with Crippen molar-refractivity contribution in [2.45, 2.75) is 32.3 Å². The van der Waals surface area contributed by atoms with Crippen molar-refractivity contribution in [2.75, 3.05) is 5.32 Å². The summed E-state index contributed by atoms with van der Waals surface area (Å²) >= 11 is 0. The Hall–Kier alpha value is -2.62. The lowest BCUT2D eigenvalue weighted by molar-refractivity contribution is -0.125. The van der Waals surface area contributed by atoms with Crippen molar-refractivity contribution in [2.24, 2.45) is 0 Å². The van der Waals surface area contributed by atoms with Crippen molar-refractivity contribution in [3.63, 3.8) is 0 Å². The summed E-state index contributed by atoms with van der Waals surface area (Å²) in [6.07, 6.45) is -0.389. The minimum atomic E-state index is -0.790. The van der Waals surface area contributed by atoms with Gasteiger partial charge in [-0.05, 0) is 35.2 Å². The average molecular weight is 309 g/mol. The van der Waals surface area contributed by atoms with Crippen LogP contribution in [0.1, 0.15) is 41.3 Å². The molecule has 0 fully saturated rings. The first-order valence-electron chi connectivity index (χ1n) is 7.74. The van der Waals surface area contributed by atoms with E-state index in [4.69, 9.17) is 4.74 Å². The molecule has 1 aliphatic heterocycles. The summed E-state index contributed by atoms with van der Waals surface area (Å²) in [5.74, 6) is -0.303. The summed E-state index contributed by atoms with van der Waals surface area (Å²) in [6, 6.07) is 14.9. The maximum absolute atomic E-state index is 12.4. The zero-order valence-corrected chi connectivity index (χ0v) is 13.2. The Morgan fingerprint density at radius 1 is 1.13 bits per heavy atom. The number of ether oxygens (including phenoxy) is 1. The summed E-state index contributed by atoms with van der Waals surface area (Å²) in [4.78, 5) is 24.3. The smallest absolute Gasteiger partial charge is 0.339 e. The highest BCUT2D eigenvalue weighted by atomic mass is 16.5. The molecular weight excluding hydrogens is 290 g/mol. The first kappa shape index (κ1) is 15.3. The van der Waals surface area contributed by atoms with Crippen LogP contribution < -0.4 is 5.32 Å². The van der Waals surface area contributed by atoms with Crippen molar-refractivity contribution >= 4 is 17.6 Å². The minimum absolute atomic E-state index is 0.301. The molecule has 0 saturated carbocycles. The fraction of sp³-hybridized carbons (Fsp3) is 0.263. The Kier molecular flexibility index (Phi) is 4.15. The number of benzene rings is 2. The molecule has 0 aliphatic carbocycles. The van der Waals surface area contributed by atoms with Crippen LogP contribution >= 0.6 is 0 Å². The second kappa shape index (κ2) is 6.24. The first-order valence-corrected chi connectivity index (χ1v) is 7.74. The van der Waals surface area contributed by atoms with Gasteiger partial charge in [0.1, 0.15) is 0 Å². The molecule has 2 aromatic rings. The molecule has 4 heteroatoms. The Morgan fingerprint density at radius 2 is 1.83 bits per heavy atom. The van der Waals surface area contributed by atoms with Crippen molar-refractivity contribution < 1.29 is 14.3 Å². The molecule has 1 atom stereocenters. The number of nitrogens with one attached hydrogen (secondary N) is 1. The number of carbonyl (C=O) groups is 2. The molecule has 0 bridgehead atoms. The number of esters is 1. The lowest BCUT2D eigenvalue weighted by atomic mass is 9.98. The number of hydrogen-bond donors (Lipinski definition) is 1. The predicted octanol–water partition coefficient (Wildman–Crippen LogP) is 3.53. The molecule has 118 valence electrons. The standard InChI is InChI=1S/C19H19NO3/c1-12(2)13-7-9-15(10-8-13)20-18(21)17-11-14-5-3-4-6-16(14)19(22)23-17/h3-10,12,17H,11H2,1-2H3,(H,20,21). The number of rotatable bonds is 3. The van der Waals surface area contributed by atoms with Crippen LogP contribution in [0, 0.1) is 0 Å². The molecule has 0 spiro atoms. The lowest BCUT2D eigenvalue weighted by Crippen LogP contribution is -2.37. The molecule has 1 aliphatic rings. The quantitative estimate of drug-likeness (QED) is 0.882. The van der Waals surface area contributed by atoms with Crippen molar-refractivity contribution in [3.05, 3.63) is 65.2 Å². The SMILES string of the molecule is CC(C)c1ccc(NC(=O)C2Cc3ccccc3C(=O)O2)cc1. The third-order valence-electron chi connectivity index (χ3n) is 4.03. The van der Waals surface area contributed by atoms with Crippen LogP contribution in [-0.2, 0) is 16.0 Å². The van der Waals surface area contributed by atoms with E-state index < -0.39 is 12.1 Å². The highest BCUT2D eigenvalue weighted by molar-refractivity contribution is 6.00. The fourth-order valence-corrected chi connectivity index (χ4v) is 2.65. The molecule has 0 aromatic heterocycles. The molecule has 3 rings (SSSR count). The molecule has 1 N–H and O–H groups in total. The van der Waals surface area contributed by atoms with Crippen molar-refractivity contribution in [1.82, 2.24) is 0 Å². The number of hydrogen-bond acceptors (Lipinski definition) is 3. The van der Waals surface area contributed by atoms with Gasteiger partial charge in [0, 0.05) is 12.1 Å². The molecule has 2 aromatic carbocycles. The Labute approximate surface area is 135 Å². The maximum Gasteiger partial charge on any atom is 0.339 e. The fourth-order valence-electron chi connectivity index (χ4n) is 2.65. The van der Waals surface area contributed by atoms with Gasteiger partial charge in [-0.3, -0.25) is 4.79 Å². The Morgan fingerprint density at radius 3 is 2.52 bits per heavy atom. The third-order valence-corrected chi connectivity index (χ3v) is 4.03. The molecule has 0 saturated heterocycles. The zero-order chi connectivity index (χ0) is 16.4. The van der Waals surface area contributed by atoms with Gasteiger partial charge in [0.15, 0.2) is 6.10 Å². The van der Waals surface area contributed by atoms with Gasteiger partial charge in [-0.2, -0.15) is 0 Å². The van der Waals surface area contributed by atoms with Gasteiger partial charge in [0.2, 0.25) is 0 Å². The molecule has 1 heterocycles. The molecule has 0 radical (unpaired) electrons. The van der Waals surface area contributed by atoms with E-state index in [1.807, 2.05) is 36.4 Å². The predicted molar refractivity (Wildman–Crippen MR) is 88.5 cm³/mol. The minimum Gasteiger partial charge on any atom is -0.448 e. The van der Waals surface area contributed by atoms with Crippen LogP contribution in [0.3, 0.4) is 0 Å². The highest BCUT2D eigenvalue weighted by Gasteiger charge is 2.30. The number of carbonyl (C=O) groups excluding carboxylic acids is 2. The van der Waals surface area contributed by atoms with Crippen LogP contribution in [0.4, 0.5) is 5.69 Å². The topological polar surface area (TPSA) is 55.4 Å². The summed E-state index contributed by atoms with van der Waals surface area (Å²) in [5, 5.41) is 2.81. The van der Waals surface area contributed by atoms with E-state index >= 15 is 0 Å². The summed E-state index contributed by atoms with van der Waals surface area (Å²) in [5.41, 5.74) is 3.30. The van der Waals surface area contributed by atoms with Gasteiger partial charge < -0.3 is 10.1 Å². The Bertz CT molecular complexity index is 735. The van der Waals surface area contributed by atoms with E-state index in [2.05, 4.69) is 19.2 Å². The summed E-state index contributed by atoms with van der Waals surface area (Å²) in [6.45, 7) is 4.24. The number of anilines is 1. The second-order valence-corrected chi connectivity index (χ2v) is 6.02. The maximum atomic E-state index is 12.4. The van der Waals surface area contributed by atoms with E-state index in [0.717, 1.165) is 5.56 Å². The van der Waals surface area contributed by atoms with Gasteiger partial charge in [0.05, 0.1) is 5.56 Å². The van der Waals surface area contributed by atoms with E-state index in [-0.39, 0.29) is 5.91 Å². The van der Waals surface area contributed by atoms with E-state index in [0.29, 0.717) is 23.6 Å². The first-order chi connectivity index (χ1) is 11.0. The van der Waals surface area contributed by atoms with E-state index in [1.54, 1.807) is 12.1 Å². The van der Waals surface area contributed by atoms with E-state index in [9.17, 15) is 9.59 Å². The van der Waals surface area contributed by atoms with Gasteiger partial charge in [-0.15, -0.1) is 0 Å². The zero-order valence-electron chi connectivity index (χ0n) is 13.2. The number of amides is 1. The van der Waals surface area contributed by atoms with E-state index in [1.165, 1.54) is 5.56 Å². The van der Waals surface area contributed by atoms with Crippen LogP contribution in [0.15, 0.2) is 48.5 Å². The average Bonchev–Trinajstić information content (AvgIpc) is 2.55. The van der Waals surface area contributed by atoms with Crippen LogP contribution in [-0.4, -0.2) is 18.0 Å². The molecule has 1 amide bonds. The van der Waals surface area contributed by atoms with Gasteiger partial charge in [-0.1, -0.05) is 44.2 Å². The largest absolute Gasteiger partial charge is 0.448 e. The van der Waals surface area contributed by atoms with Crippen molar-refractivity contribution in [1.29, 1.82) is 0 Å². The van der Waals surface area contributed by atoms with Crippen LogP contribution in [0.5, 0.6) is 0 Å². The van der Waals surface area contributed by atoms with Crippen LogP contribution in [0.2, 0.25) is 0 Å². The van der Waals surface area contributed by atoms with Gasteiger partial charge in [-0.25, -0.2) is 4.79 Å². The third kappa shape index (κ3) is 3.26. The molecule has 4 nitrogen and oxygen atoms in total. The molecule has 23 heavy (non-hydrogen) atoms. The Balaban J connectivity index is 1.71. The van der Waals surface area contributed by atoms with Crippen molar-refractivity contribution in [3.8, 4) is 0 Å². The van der Waals surface area contributed by atoms with Gasteiger partial charge >= 0.3 is 5.97 Å². The van der Waals surface area contributed by atoms with Crippen LogP contribution in [0.25, 0.3) is 0 Å². The summed E-state index contributed by atoms with van der Waals surface area (Å²) < 4.78 is 5.26. The monoisotopic (exact) mass is 309 g/mol.